The fraction of sp³-hybridized carbons (Fsp3) is 0.524. The highest BCUT2D eigenvalue weighted by Crippen LogP contribution is 2.34. The predicted octanol–water partition coefficient (Wildman–Crippen LogP) is -0.158. The van der Waals surface area contributed by atoms with Crippen molar-refractivity contribution in [2.45, 2.75) is 25.3 Å². The molecule has 0 spiro atoms. The normalized spacial score (nSPS) is 15.9. The summed E-state index contributed by atoms with van der Waals surface area (Å²) in [6.45, 7) is 2.20. The molecule has 1 aromatic carbocycles. The number of carbonyl (C=O) groups is 4. The number of piperidine rings is 1. The Morgan fingerprint density at radius 3 is 2.52 bits per heavy atom. The van der Waals surface area contributed by atoms with Crippen molar-refractivity contribution in [2.75, 3.05) is 56.9 Å². The smallest absolute Gasteiger partial charge is 0.249 e. The highest BCUT2D eigenvalue weighted by molar-refractivity contribution is 6.04. The number of carbonyl (C=O) groups excluding carboxylic acids is 4. The van der Waals surface area contributed by atoms with Crippen LogP contribution in [0.2, 0.25) is 0 Å². The minimum atomic E-state index is -0.730. The van der Waals surface area contributed by atoms with Gasteiger partial charge in [-0.15, -0.1) is 0 Å². The molecule has 0 aliphatic carbocycles. The molecule has 10 nitrogen and oxygen atoms in total. The van der Waals surface area contributed by atoms with Gasteiger partial charge in [-0.05, 0) is 24.5 Å². The topological polar surface area (TPSA) is 117 Å². The first-order chi connectivity index (χ1) is 15.0. The van der Waals surface area contributed by atoms with Crippen molar-refractivity contribution in [1.82, 2.24) is 10.6 Å². The maximum atomic E-state index is 12.3. The standard InChI is InChI=1S/C21H30N4O6/c1-24(2)20-16(8-10-30-12-13-31-11-9-22-14-26)4-3-5-17(20)25(15-27)18-6-7-19(28)23-21(18)29/h3-5,14-15,18H,6-13H2,1-2H3,(H,22,26)(H,23,28,29). The van der Waals surface area contributed by atoms with Crippen LogP contribution in [-0.2, 0) is 35.1 Å². The number of hydrogen-bond donors (Lipinski definition) is 2. The van der Waals surface area contributed by atoms with Gasteiger partial charge in [-0.25, -0.2) is 0 Å². The van der Waals surface area contributed by atoms with Crippen LogP contribution in [0.4, 0.5) is 11.4 Å². The molecular formula is C21H30N4O6. The van der Waals surface area contributed by atoms with E-state index < -0.39 is 11.9 Å². The molecule has 1 fully saturated rings. The summed E-state index contributed by atoms with van der Waals surface area (Å²) < 4.78 is 11.0. The summed E-state index contributed by atoms with van der Waals surface area (Å²) in [6, 6.07) is 4.85. The third kappa shape index (κ3) is 7.04. The Morgan fingerprint density at radius 2 is 1.87 bits per heavy atom. The van der Waals surface area contributed by atoms with Crippen molar-refractivity contribution in [1.29, 1.82) is 0 Å². The van der Waals surface area contributed by atoms with E-state index in [0.717, 1.165) is 11.3 Å². The van der Waals surface area contributed by atoms with Gasteiger partial charge in [0.1, 0.15) is 6.04 Å². The van der Waals surface area contributed by atoms with E-state index in [4.69, 9.17) is 9.47 Å². The van der Waals surface area contributed by atoms with Gasteiger partial charge in [0.15, 0.2) is 0 Å². The molecular weight excluding hydrogens is 404 g/mol. The van der Waals surface area contributed by atoms with Crippen LogP contribution >= 0.6 is 0 Å². The molecule has 1 unspecified atom stereocenters. The number of benzene rings is 1. The number of amides is 4. The second kappa shape index (κ2) is 12.7. The number of nitrogens with one attached hydrogen (secondary N) is 2. The van der Waals surface area contributed by atoms with Crippen LogP contribution < -0.4 is 20.4 Å². The first kappa shape index (κ1) is 24.3. The van der Waals surface area contributed by atoms with Gasteiger partial charge >= 0.3 is 0 Å². The minimum Gasteiger partial charge on any atom is -0.379 e. The van der Waals surface area contributed by atoms with E-state index in [0.29, 0.717) is 57.9 Å². The fourth-order valence-electron chi connectivity index (χ4n) is 3.44. The summed E-state index contributed by atoms with van der Waals surface area (Å²) >= 11 is 0. The number of imide groups is 1. The van der Waals surface area contributed by atoms with Crippen molar-refractivity contribution in [3.63, 3.8) is 0 Å². The molecule has 4 amide bonds. The zero-order chi connectivity index (χ0) is 22.6. The van der Waals surface area contributed by atoms with Crippen molar-refractivity contribution in [3.05, 3.63) is 23.8 Å². The average Bonchev–Trinajstić information content (AvgIpc) is 2.74. The summed E-state index contributed by atoms with van der Waals surface area (Å²) in [6.07, 6.45) is 2.35. The molecule has 31 heavy (non-hydrogen) atoms. The quantitative estimate of drug-likeness (QED) is 0.237. The summed E-state index contributed by atoms with van der Waals surface area (Å²) in [7, 11) is 3.75. The molecule has 0 aromatic heterocycles. The maximum Gasteiger partial charge on any atom is 0.249 e. The van der Waals surface area contributed by atoms with Gasteiger partial charge in [0.05, 0.1) is 37.8 Å². The number of hydrogen-bond acceptors (Lipinski definition) is 7. The first-order valence-corrected chi connectivity index (χ1v) is 10.2. The second-order valence-corrected chi connectivity index (χ2v) is 7.21. The van der Waals surface area contributed by atoms with E-state index in [1.54, 1.807) is 6.07 Å². The molecule has 1 heterocycles. The lowest BCUT2D eigenvalue weighted by Crippen LogP contribution is -2.52. The SMILES string of the molecule is CN(C)c1c(CCOCCOCCNC=O)cccc1N(C=O)C1CCC(=O)NC1=O. The Bertz CT molecular complexity index is 770. The molecule has 1 atom stereocenters. The fourth-order valence-corrected chi connectivity index (χ4v) is 3.44. The van der Waals surface area contributed by atoms with Crippen LogP contribution in [0.3, 0.4) is 0 Å². The third-order valence-corrected chi connectivity index (χ3v) is 4.84. The van der Waals surface area contributed by atoms with Crippen LogP contribution in [0.5, 0.6) is 0 Å². The highest BCUT2D eigenvalue weighted by atomic mass is 16.5. The van der Waals surface area contributed by atoms with Crippen molar-refractivity contribution in [3.8, 4) is 0 Å². The van der Waals surface area contributed by atoms with E-state index in [9.17, 15) is 19.2 Å². The Kier molecular flexibility index (Phi) is 9.92. The molecule has 0 radical (unpaired) electrons. The van der Waals surface area contributed by atoms with Crippen LogP contribution in [0, 0.1) is 0 Å². The summed E-state index contributed by atoms with van der Waals surface area (Å²) in [4.78, 5) is 49.1. The number of anilines is 2. The monoisotopic (exact) mass is 434 g/mol. The largest absolute Gasteiger partial charge is 0.379 e. The van der Waals surface area contributed by atoms with Gasteiger partial charge in [-0.3, -0.25) is 24.5 Å². The number of para-hydroxylation sites is 1. The number of rotatable bonds is 14. The number of nitrogens with zero attached hydrogens (tertiary/aromatic N) is 2. The lowest BCUT2D eigenvalue weighted by molar-refractivity contribution is -0.134. The van der Waals surface area contributed by atoms with E-state index in [1.807, 2.05) is 31.1 Å². The van der Waals surface area contributed by atoms with Crippen LogP contribution in [-0.4, -0.2) is 77.7 Å². The third-order valence-electron chi connectivity index (χ3n) is 4.84. The Labute approximate surface area is 181 Å². The van der Waals surface area contributed by atoms with E-state index >= 15 is 0 Å². The highest BCUT2D eigenvalue weighted by Gasteiger charge is 2.33. The summed E-state index contributed by atoms with van der Waals surface area (Å²) in [5.41, 5.74) is 2.40. The van der Waals surface area contributed by atoms with Gasteiger partial charge in [-0.1, -0.05) is 12.1 Å². The van der Waals surface area contributed by atoms with Crippen molar-refractivity contribution in [2.24, 2.45) is 0 Å². The zero-order valence-electron chi connectivity index (χ0n) is 18.0. The summed E-state index contributed by atoms with van der Waals surface area (Å²) in [5.74, 6) is -0.792. The molecule has 1 aromatic rings. The Hall–Kier alpha value is -2.98. The first-order valence-electron chi connectivity index (χ1n) is 10.2. The molecule has 2 N–H and O–H groups in total. The van der Waals surface area contributed by atoms with Crippen LogP contribution in [0.25, 0.3) is 0 Å². The minimum absolute atomic E-state index is 0.193. The molecule has 1 aliphatic rings. The molecule has 10 heteroatoms. The number of ether oxygens (including phenoxy) is 2. The van der Waals surface area contributed by atoms with E-state index in [2.05, 4.69) is 10.6 Å². The molecule has 0 bridgehead atoms. The zero-order valence-corrected chi connectivity index (χ0v) is 18.0. The molecule has 170 valence electrons. The predicted molar refractivity (Wildman–Crippen MR) is 115 cm³/mol. The van der Waals surface area contributed by atoms with Crippen molar-refractivity contribution >= 4 is 36.0 Å². The molecule has 0 saturated carbocycles. The van der Waals surface area contributed by atoms with E-state index in [-0.39, 0.29) is 18.7 Å². The van der Waals surface area contributed by atoms with E-state index in [1.165, 1.54) is 4.90 Å². The van der Waals surface area contributed by atoms with Gasteiger partial charge in [0.25, 0.3) is 0 Å². The second-order valence-electron chi connectivity index (χ2n) is 7.21. The van der Waals surface area contributed by atoms with Crippen LogP contribution in [0.15, 0.2) is 18.2 Å². The lowest BCUT2D eigenvalue weighted by Gasteiger charge is -2.33. The molecule has 1 saturated heterocycles. The van der Waals surface area contributed by atoms with Gasteiger partial charge in [-0.2, -0.15) is 0 Å². The van der Waals surface area contributed by atoms with Gasteiger partial charge in [0.2, 0.25) is 24.6 Å². The molecule has 1 aliphatic heterocycles. The van der Waals surface area contributed by atoms with Crippen molar-refractivity contribution < 1.29 is 28.7 Å². The van der Waals surface area contributed by atoms with Crippen LogP contribution in [0.1, 0.15) is 18.4 Å². The Morgan fingerprint density at radius 1 is 1.13 bits per heavy atom. The van der Waals surface area contributed by atoms with Gasteiger partial charge < -0.3 is 24.6 Å². The Balaban J connectivity index is 2.01. The maximum absolute atomic E-state index is 12.3. The van der Waals surface area contributed by atoms with Gasteiger partial charge in [0, 0.05) is 27.1 Å². The summed E-state index contributed by atoms with van der Waals surface area (Å²) in [5, 5.41) is 4.82. The average molecular weight is 434 g/mol. The molecule has 2 rings (SSSR count). The lowest BCUT2D eigenvalue weighted by atomic mass is 10.0.